The van der Waals surface area contributed by atoms with E-state index in [9.17, 15) is 4.79 Å². The van der Waals surface area contributed by atoms with Crippen molar-refractivity contribution in [1.82, 2.24) is 0 Å². The van der Waals surface area contributed by atoms with Crippen LogP contribution in [0.3, 0.4) is 0 Å². The second kappa shape index (κ2) is 14.0. The molecule has 0 aliphatic carbocycles. The molecule has 1 rings (SSSR count). The molecule has 0 saturated carbocycles. The van der Waals surface area contributed by atoms with Gasteiger partial charge in [-0.05, 0) is 24.4 Å². The Morgan fingerprint density at radius 1 is 1.07 bits per heavy atom. The van der Waals surface area contributed by atoms with E-state index in [-0.39, 0.29) is 0 Å². The highest BCUT2D eigenvalue weighted by molar-refractivity contribution is 7.78. The first kappa shape index (κ1) is 15.0. The molecule has 0 heterocycles. The Labute approximate surface area is 92.8 Å². The topological polar surface area (TPSA) is 64.8 Å². The van der Waals surface area contributed by atoms with Crippen LogP contribution in [-0.4, -0.2) is 16.6 Å². The lowest BCUT2D eigenvalue weighted by molar-refractivity contribution is 0.112. The molecule has 0 spiro atoms. The Morgan fingerprint density at radius 2 is 1.43 bits per heavy atom. The summed E-state index contributed by atoms with van der Waals surface area (Å²) in [7, 11) is 0. The third-order valence-corrected chi connectivity index (χ3v) is 0.936. The fourth-order valence-corrected chi connectivity index (χ4v) is 0.532. The molecule has 0 amide bonds. The molecule has 0 aromatic heterocycles. The Balaban J connectivity index is 0. The summed E-state index contributed by atoms with van der Waals surface area (Å²) in [6.45, 7) is 0. The largest absolute Gasteiger partial charge is 0.298 e. The van der Waals surface area contributed by atoms with Gasteiger partial charge in [-0.2, -0.15) is 0 Å². The van der Waals surface area contributed by atoms with Crippen molar-refractivity contribution in [2.75, 3.05) is 0 Å². The molecule has 72 valence electrons. The third kappa shape index (κ3) is 13.1. The monoisotopic (exact) mass is 224 g/mol. The van der Waals surface area contributed by atoms with E-state index in [2.05, 4.69) is 24.4 Å². The predicted molar refractivity (Wildman–Crippen MR) is 62.5 cm³/mol. The van der Waals surface area contributed by atoms with Crippen LogP contribution in [0.2, 0.25) is 0 Å². The van der Waals surface area contributed by atoms with Crippen molar-refractivity contribution in [2.24, 2.45) is 0 Å². The molecule has 0 atom stereocenters. The molecule has 14 heavy (non-hydrogen) atoms. The first-order valence-electron chi connectivity index (χ1n) is 3.34. The van der Waals surface area contributed by atoms with Gasteiger partial charge in [0, 0.05) is 5.56 Å². The summed E-state index contributed by atoms with van der Waals surface area (Å²) in [6.07, 6.45) is 0.833. The molecule has 0 fully saturated rings. The zero-order valence-electron chi connectivity index (χ0n) is 7.19. The summed E-state index contributed by atoms with van der Waals surface area (Å²) < 4.78 is 0. The number of nitrogens with one attached hydrogen (secondary N) is 2. The van der Waals surface area contributed by atoms with Gasteiger partial charge in [0.1, 0.15) is 6.29 Å². The zero-order valence-corrected chi connectivity index (χ0v) is 8.82. The van der Waals surface area contributed by atoms with Crippen LogP contribution in [0.15, 0.2) is 30.3 Å². The van der Waals surface area contributed by atoms with E-state index in [1.165, 1.54) is 0 Å². The van der Waals surface area contributed by atoms with Gasteiger partial charge < -0.3 is 0 Å². The van der Waals surface area contributed by atoms with Crippen molar-refractivity contribution >= 4 is 41.0 Å². The van der Waals surface area contributed by atoms with E-state index in [0.29, 0.717) is 0 Å². The lowest BCUT2D eigenvalue weighted by atomic mass is 10.2. The molecule has 3 nitrogen and oxygen atoms in total. The van der Waals surface area contributed by atoms with Gasteiger partial charge >= 0.3 is 0 Å². The number of hydrogen-bond acceptors (Lipinski definition) is 5. The highest BCUT2D eigenvalue weighted by Crippen LogP contribution is 1.91. The summed E-state index contributed by atoms with van der Waals surface area (Å²) in [4.78, 5) is 10.0. The summed E-state index contributed by atoms with van der Waals surface area (Å²) in [5.41, 5.74) is 0.729. The average molecular weight is 224 g/mol. The minimum atomic E-state index is 0.729. The normalized spacial score (nSPS) is 6.00. The Hall–Kier alpha value is -1.51. The van der Waals surface area contributed by atoms with Crippen LogP contribution in [0.1, 0.15) is 10.4 Å². The number of hydrogen-bond donors (Lipinski definition) is 2. The first-order valence-corrected chi connectivity index (χ1v) is 4.16. The number of carbonyl (C=O) groups excluding carboxylic acids is 1. The molecule has 0 aliphatic rings. The molecule has 2 N–H and O–H groups in total. The van der Waals surface area contributed by atoms with Gasteiger partial charge in [0.2, 0.25) is 0 Å². The van der Waals surface area contributed by atoms with Crippen LogP contribution in [0, 0.1) is 10.8 Å². The SMILES string of the molecule is N=C=S.N=C=S.O=Cc1ccccc1. The molecule has 0 bridgehead atoms. The molecular formula is C9H8N2OS2. The molecule has 0 saturated heterocycles. The fourth-order valence-electron chi connectivity index (χ4n) is 0.532. The smallest absolute Gasteiger partial charge is 0.150 e. The molecule has 1 aromatic rings. The van der Waals surface area contributed by atoms with Gasteiger partial charge in [-0.25, -0.2) is 10.8 Å². The molecular weight excluding hydrogens is 216 g/mol. The van der Waals surface area contributed by atoms with Crippen molar-refractivity contribution < 1.29 is 4.79 Å². The lowest BCUT2D eigenvalue weighted by Crippen LogP contribution is -1.73. The number of carbonyl (C=O) groups is 1. The first-order chi connectivity index (χ1) is 6.76. The summed E-state index contributed by atoms with van der Waals surface area (Å²) in [6, 6.07) is 9.10. The number of benzene rings is 1. The second-order valence-electron chi connectivity index (χ2n) is 1.73. The maximum atomic E-state index is 10.0. The fraction of sp³-hybridized carbons (Fsp3) is 0. The lowest BCUT2D eigenvalue weighted by Gasteiger charge is -1.81. The Bertz CT molecular complexity index is 301. The maximum Gasteiger partial charge on any atom is 0.150 e. The van der Waals surface area contributed by atoms with Gasteiger partial charge in [0.05, 0.1) is 10.3 Å². The molecule has 0 radical (unpaired) electrons. The molecule has 1 aromatic carbocycles. The van der Waals surface area contributed by atoms with Crippen molar-refractivity contribution in [3.05, 3.63) is 35.9 Å². The summed E-state index contributed by atoms with van der Waals surface area (Å²) in [5, 5.41) is 14.7. The maximum absolute atomic E-state index is 10.0. The van der Waals surface area contributed by atoms with Crippen LogP contribution >= 0.6 is 24.4 Å². The Morgan fingerprint density at radius 3 is 1.64 bits per heavy atom. The van der Waals surface area contributed by atoms with Crippen LogP contribution in [0.4, 0.5) is 0 Å². The summed E-state index contributed by atoms with van der Waals surface area (Å²) in [5.74, 6) is 0. The number of isothiocyanates is 2. The highest BCUT2D eigenvalue weighted by Gasteiger charge is 1.79. The van der Waals surface area contributed by atoms with Crippen LogP contribution < -0.4 is 0 Å². The van der Waals surface area contributed by atoms with Gasteiger partial charge in [-0.1, -0.05) is 30.3 Å². The standard InChI is InChI=1S/C7H6O.2CHNS/c8-6-7-4-2-1-3-5-7;2*2-1-3/h1-6H;2*2H. The highest BCUT2D eigenvalue weighted by atomic mass is 32.1. The number of rotatable bonds is 1. The van der Waals surface area contributed by atoms with E-state index in [0.717, 1.165) is 11.8 Å². The van der Waals surface area contributed by atoms with Crippen LogP contribution in [0.25, 0.3) is 0 Å². The van der Waals surface area contributed by atoms with Crippen molar-refractivity contribution in [3.8, 4) is 0 Å². The molecule has 5 heteroatoms. The van der Waals surface area contributed by atoms with Gasteiger partial charge in [0.15, 0.2) is 0 Å². The van der Waals surface area contributed by atoms with Crippen molar-refractivity contribution in [2.45, 2.75) is 0 Å². The third-order valence-electron chi connectivity index (χ3n) is 0.936. The van der Waals surface area contributed by atoms with E-state index < -0.39 is 0 Å². The average Bonchev–Trinajstić information content (AvgIpc) is 2.21. The van der Waals surface area contributed by atoms with E-state index in [1.807, 2.05) is 18.2 Å². The number of thiocarbonyl (C=S) groups is 2. The van der Waals surface area contributed by atoms with Crippen LogP contribution in [0.5, 0.6) is 0 Å². The second-order valence-corrected chi connectivity index (χ2v) is 2.14. The zero-order chi connectivity index (χ0) is 11.2. The van der Waals surface area contributed by atoms with E-state index >= 15 is 0 Å². The number of aldehydes is 1. The van der Waals surface area contributed by atoms with Crippen molar-refractivity contribution in [1.29, 1.82) is 10.8 Å². The molecule has 0 unspecified atom stereocenters. The van der Waals surface area contributed by atoms with Crippen LogP contribution in [-0.2, 0) is 0 Å². The molecule has 0 aliphatic heterocycles. The van der Waals surface area contributed by atoms with E-state index in [1.54, 1.807) is 22.5 Å². The quantitative estimate of drug-likeness (QED) is 0.438. The minimum Gasteiger partial charge on any atom is -0.298 e. The van der Waals surface area contributed by atoms with Gasteiger partial charge in [-0.3, -0.25) is 4.79 Å². The van der Waals surface area contributed by atoms with Gasteiger partial charge in [-0.15, -0.1) is 0 Å². The van der Waals surface area contributed by atoms with Crippen molar-refractivity contribution in [3.63, 3.8) is 0 Å². The Kier molecular flexibility index (Phi) is 15.0. The minimum absolute atomic E-state index is 0.729. The van der Waals surface area contributed by atoms with Gasteiger partial charge in [0.25, 0.3) is 0 Å². The van der Waals surface area contributed by atoms with E-state index in [4.69, 9.17) is 10.8 Å². The summed E-state index contributed by atoms with van der Waals surface area (Å²) >= 11 is 7.62. The predicted octanol–water partition coefficient (Wildman–Crippen LogP) is 2.84.